The molecule has 0 unspecified atom stereocenters. The number of halogens is 2. The zero-order chi connectivity index (χ0) is 17.6. The second-order valence-electron chi connectivity index (χ2n) is 5.28. The van der Waals surface area contributed by atoms with Crippen molar-refractivity contribution in [1.29, 1.82) is 0 Å². The highest BCUT2D eigenvalue weighted by Gasteiger charge is 2.09. The van der Waals surface area contributed by atoms with Crippen LogP contribution in [0.5, 0.6) is 11.5 Å². The van der Waals surface area contributed by atoms with Gasteiger partial charge in [-0.15, -0.1) is 0 Å². The molecule has 0 aliphatic carbocycles. The molecule has 0 atom stereocenters. The molecule has 0 heterocycles. The predicted molar refractivity (Wildman–Crippen MR) is 96.3 cm³/mol. The highest BCUT2D eigenvalue weighted by Crippen LogP contribution is 2.18. The van der Waals surface area contributed by atoms with Crippen LogP contribution in [-0.2, 0) is 6.61 Å². The molecule has 0 saturated heterocycles. The van der Waals surface area contributed by atoms with E-state index in [4.69, 9.17) is 9.47 Å². The van der Waals surface area contributed by atoms with Crippen molar-refractivity contribution < 1.29 is 18.7 Å². The van der Waals surface area contributed by atoms with E-state index in [-0.39, 0.29) is 5.82 Å². The maximum atomic E-state index is 12.9. The van der Waals surface area contributed by atoms with E-state index >= 15 is 0 Å². The van der Waals surface area contributed by atoms with E-state index in [2.05, 4.69) is 15.9 Å². The molecule has 0 radical (unpaired) electrons. The number of carbonyl (C=O) groups is 1. The van der Waals surface area contributed by atoms with Crippen LogP contribution < -0.4 is 9.47 Å². The Hall–Kier alpha value is -2.66. The fourth-order valence-electron chi connectivity index (χ4n) is 2.10. The maximum absolute atomic E-state index is 12.9. The number of rotatable bonds is 5. The zero-order valence-electron chi connectivity index (χ0n) is 13.1. The van der Waals surface area contributed by atoms with Crippen LogP contribution in [0.3, 0.4) is 0 Å². The molecular weight excluding hydrogens is 387 g/mol. The number of hydrogen-bond donors (Lipinski definition) is 0. The Morgan fingerprint density at radius 2 is 1.44 bits per heavy atom. The molecule has 0 saturated carbocycles. The second kappa shape index (κ2) is 7.94. The highest BCUT2D eigenvalue weighted by molar-refractivity contribution is 9.10. The first-order valence-corrected chi connectivity index (χ1v) is 8.34. The van der Waals surface area contributed by atoms with Crippen molar-refractivity contribution in [2.45, 2.75) is 6.61 Å². The van der Waals surface area contributed by atoms with Crippen LogP contribution >= 0.6 is 15.9 Å². The van der Waals surface area contributed by atoms with Crippen LogP contribution in [-0.4, -0.2) is 5.97 Å². The lowest BCUT2D eigenvalue weighted by Crippen LogP contribution is -2.08. The van der Waals surface area contributed by atoms with Gasteiger partial charge in [-0.3, -0.25) is 0 Å². The van der Waals surface area contributed by atoms with E-state index in [1.165, 1.54) is 24.3 Å². The molecule has 0 aliphatic rings. The van der Waals surface area contributed by atoms with Crippen LogP contribution in [0.1, 0.15) is 15.9 Å². The molecule has 3 rings (SSSR count). The van der Waals surface area contributed by atoms with Gasteiger partial charge in [-0.25, -0.2) is 9.18 Å². The van der Waals surface area contributed by atoms with E-state index in [1.54, 1.807) is 24.3 Å². The van der Waals surface area contributed by atoms with Gasteiger partial charge in [-0.2, -0.15) is 0 Å². The minimum atomic E-state index is -0.494. The molecule has 3 aromatic carbocycles. The van der Waals surface area contributed by atoms with Gasteiger partial charge < -0.3 is 9.47 Å². The normalized spacial score (nSPS) is 10.3. The molecule has 0 aromatic heterocycles. The summed E-state index contributed by atoms with van der Waals surface area (Å²) in [5.74, 6) is 0.193. The molecule has 0 amide bonds. The SMILES string of the molecule is O=C(Oc1ccc(F)cc1)c1ccc(COc2ccc(Br)cc2)cc1. The summed E-state index contributed by atoms with van der Waals surface area (Å²) in [6, 6.07) is 19.8. The minimum Gasteiger partial charge on any atom is -0.489 e. The van der Waals surface area contributed by atoms with Crippen molar-refractivity contribution in [3.05, 3.63) is 94.2 Å². The van der Waals surface area contributed by atoms with Crippen LogP contribution in [0.25, 0.3) is 0 Å². The molecule has 3 nitrogen and oxygen atoms in total. The molecule has 0 aliphatic heterocycles. The molecule has 0 N–H and O–H groups in total. The Morgan fingerprint density at radius 1 is 0.840 bits per heavy atom. The van der Waals surface area contributed by atoms with E-state index < -0.39 is 5.97 Å². The zero-order valence-corrected chi connectivity index (χ0v) is 14.7. The van der Waals surface area contributed by atoms with Gasteiger partial charge in [0.15, 0.2) is 0 Å². The molecule has 3 aromatic rings. The molecule has 25 heavy (non-hydrogen) atoms. The third-order valence-corrected chi connectivity index (χ3v) is 3.96. The van der Waals surface area contributed by atoms with Crippen molar-refractivity contribution in [3.63, 3.8) is 0 Å². The quantitative estimate of drug-likeness (QED) is 0.425. The topological polar surface area (TPSA) is 35.5 Å². The van der Waals surface area contributed by atoms with Crippen LogP contribution in [0.4, 0.5) is 4.39 Å². The van der Waals surface area contributed by atoms with Gasteiger partial charge in [0.25, 0.3) is 0 Å². The molecule has 0 spiro atoms. The van der Waals surface area contributed by atoms with E-state index in [0.717, 1.165) is 15.8 Å². The number of ether oxygens (including phenoxy) is 2. The minimum absolute atomic E-state index is 0.300. The Labute approximate surface area is 153 Å². The lowest BCUT2D eigenvalue weighted by Gasteiger charge is -2.08. The van der Waals surface area contributed by atoms with Crippen LogP contribution in [0, 0.1) is 5.82 Å². The Kier molecular flexibility index (Phi) is 5.46. The first kappa shape index (κ1) is 17.2. The first-order valence-electron chi connectivity index (χ1n) is 7.55. The van der Waals surface area contributed by atoms with E-state index in [1.807, 2.05) is 24.3 Å². The largest absolute Gasteiger partial charge is 0.489 e. The van der Waals surface area contributed by atoms with E-state index in [0.29, 0.717) is 17.9 Å². The van der Waals surface area contributed by atoms with Crippen molar-refractivity contribution in [2.24, 2.45) is 0 Å². The van der Waals surface area contributed by atoms with Gasteiger partial charge >= 0.3 is 5.97 Å². The molecule has 0 bridgehead atoms. The fourth-order valence-corrected chi connectivity index (χ4v) is 2.37. The first-order chi connectivity index (χ1) is 12.1. The van der Waals surface area contributed by atoms with Gasteiger partial charge in [0.1, 0.15) is 23.9 Å². The molecule has 5 heteroatoms. The standard InChI is InChI=1S/C20H14BrFO3/c21-16-5-9-18(10-6-16)24-13-14-1-3-15(4-2-14)20(23)25-19-11-7-17(22)8-12-19/h1-12H,13H2. The summed E-state index contributed by atoms with van der Waals surface area (Å²) < 4.78 is 24.7. The number of benzene rings is 3. The highest BCUT2D eigenvalue weighted by atomic mass is 79.9. The second-order valence-corrected chi connectivity index (χ2v) is 6.20. The third-order valence-electron chi connectivity index (χ3n) is 3.43. The van der Waals surface area contributed by atoms with E-state index in [9.17, 15) is 9.18 Å². The summed E-state index contributed by atoms with van der Waals surface area (Å²) in [6.07, 6.45) is 0. The van der Waals surface area contributed by atoms with Gasteiger partial charge in [0, 0.05) is 4.47 Å². The summed E-state index contributed by atoms with van der Waals surface area (Å²) in [4.78, 5) is 12.1. The summed E-state index contributed by atoms with van der Waals surface area (Å²) in [6.45, 7) is 0.398. The number of hydrogen-bond acceptors (Lipinski definition) is 3. The summed E-state index contributed by atoms with van der Waals surface area (Å²) >= 11 is 3.37. The lowest BCUT2D eigenvalue weighted by atomic mass is 10.1. The Balaban J connectivity index is 1.58. The Morgan fingerprint density at radius 3 is 2.08 bits per heavy atom. The predicted octanol–water partition coefficient (Wildman–Crippen LogP) is 5.39. The number of esters is 1. The smallest absolute Gasteiger partial charge is 0.343 e. The van der Waals surface area contributed by atoms with Crippen molar-refractivity contribution in [3.8, 4) is 11.5 Å². The van der Waals surface area contributed by atoms with Gasteiger partial charge in [-0.05, 0) is 66.2 Å². The summed E-state index contributed by atoms with van der Waals surface area (Å²) in [7, 11) is 0. The Bertz CT molecular complexity index is 844. The third kappa shape index (κ3) is 4.90. The van der Waals surface area contributed by atoms with Crippen molar-refractivity contribution in [1.82, 2.24) is 0 Å². The van der Waals surface area contributed by atoms with Crippen molar-refractivity contribution >= 4 is 21.9 Å². The van der Waals surface area contributed by atoms with Gasteiger partial charge in [0.05, 0.1) is 5.56 Å². The summed E-state index contributed by atoms with van der Waals surface area (Å²) in [5.41, 5.74) is 1.35. The molecular formula is C20H14BrFO3. The lowest BCUT2D eigenvalue weighted by molar-refractivity contribution is 0.0734. The van der Waals surface area contributed by atoms with Gasteiger partial charge in [0.2, 0.25) is 0 Å². The molecule has 126 valence electrons. The number of carbonyl (C=O) groups excluding carboxylic acids is 1. The average Bonchev–Trinajstić information content (AvgIpc) is 2.63. The average molecular weight is 401 g/mol. The van der Waals surface area contributed by atoms with Crippen LogP contribution in [0.15, 0.2) is 77.3 Å². The monoisotopic (exact) mass is 400 g/mol. The van der Waals surface area contributed by atoms with Crippen LogP contribution in [0.2, 0.25) is 0 Å². The maximum Gasteiger partial charge on any atom is 0.343 e. The van der Waals surface area contributed by atoms with Gasteiger partial charge in [-0.1, -0.05) is 28.1 Å². The fraction of sp³-hybridized carbons (Fsp3) is 0.0500. The summed E-state index contributed by atoms with van der Waals surface area (Å²) in [5, 5.41) is 0. The molecule has 0 fully saturated rings. The van der Waals surface area contributed by atoms with Crippen molar-refractivity contribution in [2.75, 3.05) is 0 Å².